The molecular weight excluding hydrogens is 194 g/mol. The second-order valence-corrected chi connectivity index (χ2v) is 5.00. The predicted octanol–water partition coefficient (Wildman–Crippen LogP) is 1.63. The number of thiazole rings is 1. The van der Waals surface area contributed by atoms with Crippen LogP contribution in [0, 0.1) is 0 Å². The van der Waals surface area contributed by atoms with Crippen molar-refractivity contribution in [2.75, 3.05) is 20.6 Å². The van der Waals surface area contributed by atoms with Crippen LogP contribution in [0.5, 0.6) is 0 Å². The Morgan fingerprint density at radius 1 is 1.64 bits per heavy atom. The summed E-state index contributed by atoms with van der Waals surface area (Å²) in [6, 6.07) is 0.516. The monoisotopic (exact) mass is 211 g/mol. The van der Waals surface area contributed by atoms with Gasteiger partial charge in [0.2, 0.25) is 0 Å². The minimum atomic E-state index is 0.516. The van der Waals surface area contributed by atoms with Crippen molar-refractivity contribution in [1.29, 1.82) is 0 Å². The van der Waals surface area contributed by atoms with E-state index < -0.39 is 0 Å². The molecule has 1 aromatic rings. The molecule has 1 fully saturated rings. The number of aromatic nitrogens is 1. The number of nitrogens with zero attached hydrogens (tertiary/aromatic N) is 2. The number of hydrogen-bond donors (Lipinski definition) is 1. The highest BCUT2D eigenvalue weighted by Crippen LogP contribution is 2.24. The van der Waals surface area contributed by atoms with Gasteiger partial charge in [-0.1, -0.05) is 0 Å². The summed E-state index contributed by atoms with van der Waals surface area (Å²) in [6.07, 6.45) is 2.52. The molecule has 78 valence electrons. The quantitative estimate of drug-likeness (QED) is 0.823. The third-order valence-electron chi connectivity index (χ3n) is 2.44. The predicted molar refractivity (Wildman–Crippen MR) is 59.5 cm³/mol. The lowest BCUT2D eigenvalue weighted by molar-refractivity contribution is 0.400. The van der Waals surface area contributed by atoms with Crippen LogP contribution in [0.4, 0.5) is 0 Å². The highest BCUT2D eigenvalue weighted by atomic mass is 32.1. The van der Waals surface area contributed by atoms with E-state index in [4.69, 9.17) is 0 Å². The van der Waals surface area contributed by atoms with Gasteiger partial charge >= 0.3 is 0 Å². The maximum Gasteiger partial charge on any atom is 0.107 e. The van der Waals surface area contributed by atoms with Crippen LogP contribution in [-0.2, 0) is 6.54 Å². The number of hydrogen-bond acceptors (Lipinski definition) is 4. The van der Waals surface area contributed by atoms with E-state index in [1.165, 1.54) is 23.5 Å². The molecule has 1 aliphatic rings. The van der Waals surface area contributed by atoms with Gasteiger partial charge in [-0.25, -0.2) is 4.98 Å². The van der Waals surface area contributed by atoms with Crippen LogP contribution >= 0.6 is 11.3 Å². The first kappa shape index (κ1) is 10.1. The Kier molecular flexibility index (Phi) is 3.15. The van der Waals surface area contributed by atoms with Gasteiger partial charge in [0.25, 0.3) is 0 Å². The van der Waals surface area contributed by atoms with Gasteiger partial charge in [-0.3, -0.25) is 0 Å². The van der Waals surface area contributed by atoms with Crippen molar-refractivity contribution in [2.24, 2.45) is 0 Å². The Bertz CT molecular complexity index is 289. The molecule has 1 unspecified atom stereocenters. The standard InChI is InChI=1S/C10H17N3S/c1-13(2)6-10-12-9(7-14-10)8-4-3-5-11-8/h7-8,11H,3-6H2,1-2H3. The third kappa shape index (κ3) is 2.32. The van der Waals surface area contributed by atoms with Crippen LogP contribution in [0.3, 0.4) is 0 Å². The second-order valence-electron chi connectivity index (χ2n) is 4.05. The Morgan fingerprint density at radius 3 is 3.14 bits per heavy atom. The highest BCUT2D eigenvalue weighted by molar-refractivity contribution is 7.09. The topological polar surface area (TPSA) is 28.2 Å². The molecule has 3 nitrogen and oxygen atoms in total. The molecule has 0 saturated carbocycles. The minimum Gasteiger partial charge on any atom is -0.309 e. The Labute approximate surface area is 89.1 Å². The molecule has 0 radical (unpaired) electrons. The third-order valence-corrected chi connectivity index (χ3v) is 3.29. The van der Waals surface area contributed by atoms with Gasteiger partial charge in [0.15, 0.2) is 0 Å². The van der Waals surface area contributed by atoms with Crippen LogP contribution in [0.15, 0.2) is 5.38 Å². The van der Waals surface area contributed by atoms with Crippen LogP contribution in [-0.4, -0.2) is 30.5 Å². The zero-order valence-electron chi connectivity index (χ0n) is 8.79. The second kappa shape index (κ2) is 4.38. The van der Waals surface area contributed by atoms with Crippen LogP contribution in [0.25, 0.3) is 0 Å². The van der Waals surface area contributed by atoms with Gasteiger partial charge in [0, 0.05) is 11.9 Å². The minimum absolute atomic E-state index is 0.516. The van der Waals surface area contributed by atoms with Crippen molar-refractivity contribution in [3.63, 3.8) is 0 Å². The zero-order valence-corrected chi connectivity index (χ0v) is 9.60. The summed E-state index contributed by atoms with van der Waals surface area (Å²) < 4.78 is 0. The molecule has 4 heteroatoms. The molecule has 2 heterocycles. The van der Waals surface area contributed by atoms with E-state index in [9.17, 15) is 0 Å². The Hall–Kier alpha value is -0.450. The lowest BCUT2D eigenvalue weighted by Crippen LogP contribution is -2.14. The maximum absolute atomic E-state index is 4.65. The zero-order chi connectivity index (χ0) is 9.97. The fraction of sp³-hybridized carbons (Fsp3) is 0.700. The smallest absolute Gasteiger partial charge is 0.107 e. The van der Waals surface area contributed by atoms with E-state index >= 15 is 0 Å². The van der Waals surface area contributed by atoms with Gasteiger partial charge in [-0.05, 0) is 33.5 Å². The Balaban J connectivity index is 2.01. The first-order valence-corrected chi connectivity index (χ1v) is 5.96. The molecule has 0 spiro atoms. The van der Waals surface area contributed by atoms with Gasteiger partial charge in [0.1, 0.15) is 5.01 Å². The summed E-state index contributed by atoms with van der Waals surface area (Å²) in [4.78, 5) is 6.80. The van der Waals surface area contributed by atoms with Crippen molar-refractivity contribution in [3.8, 4) is 0 Å². The van der Waals surface area contributed by atoms with Gasteiger partial charge in [-0.2, -0.15) is 0 Å². The van der Waals surface area contributed by atoms with Gasteiger partial charge < -0.3 is 10.2 Å². The van der Waals surface area contributed by atoms with E-state index in [1.54, 1.807) is 11.3 Å². The van der Waals surface area contributed by atoms with Crippen molar-refractivity contribution in [2.45, 2.75) is 25.4 Å². The first-order chi connectivity index (χ1) is 6.75. The summed E-state index contributed by atoms with van der Waals surface area (Å²) in [5.74, 6) is 0. The molecular formula is C10H17N3S. The van der Waals surface area contributed by atoms with Crippen molar-refractivity contribution in [3.05, 3.63) is 16.1 Å². The summed E-state index contributed by atoms with van der Waals surface area (Å²) in [5, 5.41) is 6.89. The molecule has 14 heavy (non-hydrogen) atoms. The summed E-state index contributed by atoms with van der Waals surface area (Å²) in [5.41, 5.74) is 1.24. The molecule has 1 aromatic heterocycles. The largest absolute Gasteiger partial charge is 0.309 e. The molecule has 1 aliphatic heterocycles. The van der Waals surface area contributed by atoms with E-state index in [2.05, 4.69) is 34.7 Å². The van der Waals surface area contributed by atoms with Crippen LogP contribution in [0.2, 0.25) is 0 Å². The van der Waals surface area contributed by atoms with Crippen molar-refractivity contribution in [1.82, 2.24) is 15.2 Å². The molecule has 0 amide bonds. The van der Waals surface area contributed by atoms with Crippen LogP contribution in [0.1, 0.15) is 29.6 Å². The van der Waals surface area contributed by atoms with Gasteiger partial charge in [0.05, 0.1) is 11.7 Å². The average Bonchev–Trinajstić information content (AvgIpc) is 2.69. The highest BCUT2D eigenvalue weighted by Gasteiger charge is 2.18. The number of rotatable bonds is 3. The maximum atomic E-state index is 4.65. The molecule has 0 bridgehead atoms. The van der Waals surface area contributed by atoms with Crippen molar-refractivity contribution >= 4 is 11.3 Å². The SMILES string of the molecule is CN(C)Cc1nc(C2CCCN2)cs1. The fourth-order valence-electron chi connectivity index (χ4n) is 1.77. The lowest BCUT2D eigenvalue weighted by atomic mass is 10.2. The van der Waals surface area contributed by atoms with E-state index in [0.29, 0.717) is 6.04 Å². The fourth-order valence-corrected chi connectivity index (χ4v) is 2.73. The number of nitrogens with one attached hydrogen (secondary N) is 1. The summed E-state index contributed by atoms with van der Waals surface area (Å²) in [6.45, 7) is 2.10. The summed E-state index contributed by atoms with van der Waals surface area (Å²) >= 11 is 1.77. The summed E-state index contributed by atoms with van der Waals surface area (Å²) in [7, 11) is 4.16. The first-order valence-electron chi connectivity index (χ1n) is 5.08. The van der Waals surface area contributed by atoms with Crippen LogP contribution < -0.4 is 5.32 Å². The molecule has 1 atom stereocenters. The lowest BCUT2D eigenvalue weighted by Gasteiger charge is -2.07. The van der Waals surface area contributed by atoms with E-state index in [0.717, 1.165) is 13.1 Å². The van der Waals surface area contributed by atoms with E-state index in [-0.39, 0.29) is 0 Å². The molecule has 1 saturated heterocycles. The normalized spacial score (nSPS) is 22.1. The van der Waals surface area contributed by atoms with Gasteiger partial charge in [-0.15, -0.1) is 11.3 Å². The average molecular weight is 211 g/mol. The molecule has 0 aliphatic carbocycles. The van der Waals surface area contributed by atoms with E-state index in [1.807, 2.05) is 0 Å². The van der Waals surface area contributed by atoms with Crippen molar-refractivity contribution < 1.29 is 0 Å². The molecule has 1 N–H and O–H groups in total. The molecule has 2 rings (SSSR count). The Morgan fingerprint density at radius 2 is 2.50 bits per heavy atom. The molecule has 0 aromatic carbocycles.